The number of pyridine rings is 1. The van der Waals surface area contributed by atoms with Gasteiger partial charge in [-0.05, 0) is 24.4 Å². The van der Waals surface area contributed by atoms with Crippen LogP contribution in [-0.4, -0.2) is 58.5 Å². The Morgan fingerprint density at radius 1 is 1.25 bits per heavy atom. The fourth-order valence-corrected chi connectivity index (χ4v) is 3.62. The molecule has 2 aromatic rings. The summed E-state index contributed by atoms with van der Waals surface area (Å²) in [5.74, 6) is -0.107. The topological polar surface area (TPSA) is 76.0 Å². The number of benzene rings is 1. The molecule has 7 nitrogen and oxygen atoms in total. The van der Waals surface area contributed by atoms with Crippen LogP contribution in [0.2, 0.25) is 0 Å². The van der Waals surface area contributed by atoms with Crippen LogP contribution in [0.25, 0.3) is 0 Å². The number of piperazine rings is 1. The predicted octanol–water partition coefficient (Wildman–Crippen LogP) is 2.14. The Labute approximate surface area is 167 Å². The molecule has 9 heteroatoms. The number of hydrazone groups is 1. The van der Waals surface area contributed by atoms with E-state index in [2.05, 4.69) is 30.6 Å². The van der Waals surface area contributed by atoms with Crippen LogP contribution in [-0.2, 0) is 0 Å². The van der Waals surface area contributed by atoms with Crippen molar-refractivity contribution in [3.8, 4) is 5.75 Å². The fraction of sp³-hybridized carbons (Fsp3) is 0.316. The van der Waals surface area contributed by atoms with E-state index in [1.165, 1.54) is 12.3 Å². The maximum Gasteiger partial charge on any atom is 0.189 e. The molecule has 1 saturated heterocycles. The van der Waals surface area contributed by atoms with E-state index in [0.717, 1.165) is 37.6 Å². The van der Waals surface area contributed by atoms with Crippen LogP contribution in [0.15, 0.2) is 41.6 Å². The Hall–Kier alpha value is -2.94. The molecule has 0 atom stereocenters. The third-order valence-electron chi connectivity index (χ3n) is 4.85. The first-order chi connectivity index (χ1) is 13.6. The van der Waals surface area contributed by atoms with E-state index in [4.69, 9.17) is 12.2 Å². The molecule has 0 aliphatic carbocycles. The molecular formula is C19H21FN6OS. The first kappa shape index (κ1) is 18.4. The second kappa shape index (κ2) is 7.97. The Morgan fingerprint density at radius 2 is 2.07 bits per heavy atom. The van der Waals surface area contributed by atoms with Gasteiger partial charge in [0.05, 0.1) is 17.6 Å². The van der Waals surface area contributed by atoms with Gasteiger partial charge in [0.2, 0.25) is 0 Å². The monoisotopic (exact) mass is 400 g/mol. The van der Waals surface area contributed by atoms with Gasteiger partial charge in [-0.1, -0.05) is 6.07 Å². The van der Waals surface area contributed by atoms with E-state index < -0.39 is 0 Å². The smallest absolute Gasteiger partial charge is 0.189 e. The van der Waals surface area contributed by atoms with Gasteiger partial charge in [-0.15, -0.1) is 0 Å². The molecule has 0 bridgehead atoms. The molecule has 3 N–H and O–H groups in total. The summed E-state index contributed by atoms with van der Waals surface area (Å²) >= 11 is 5.49. The van der Waals surface area contributed by atoms with E-state index in [0.29, 0.717) is 29.5 Å². The molecular weight excluding hydrogens is 379 g/mol. The van der Waals surface area contributed by atoms with Crippen LogP contribution in [0, 0.1) is 5.82 Å². The number of phenols is 1. The predicted molar refractivity (Wildman–Crippen MR) is 111 cm³/mol. The molecule has 0 unspecified atom stereocenters. The number of phenolic OH excluding ortho intramolecular Hbond substituents is 1. The minimum atomic E-state index is -0.374. The summed E-state index contributed by atoms with van der Waals surface area (Å²) in [4.78, 5) is 8.43. The number of anilines is 2. The van der Waals surface area contributed by atoms with Crippen molar-refractivity contribution in [3.05, 3.63) is 48.0 Å². The molecule has 0 radical (unpaired) electrons. The molecule has 3 heterocycles. The van der Waals surface area contributed by atoms with Crippen molar-refractivity contribution >= 4 is 34.4 Å². The van der Waals surface area contributed by atoms with Crippen molar-refractivity contribution in [2.75, 3.05) is 42.9 Å². The summed E-state index contributed by atoms with van der Waals surface area (Å²) in [6.07, 6.45) is 1.88. The molecule has 1 fully saturated rings. The SMILES string of the molecule is Oc1cccc(N2CCN(C(=S)N/N=C3/CCNc4cc(F)cnc43)CC2)c1. The second-order valence-electron chi connectivity index (χ2n) is 6.70. The minimum absolute atomic E-state index is 0.267. The zero-order valence-electron chi connectivity index (χ0n) is 15.2. The average Bonchev–Trinajstić information content (AvgIpc) is 2.72. The number of aromatic hydroxyl groups is 1. The number of hydrogen-bond acceptors (Lipinski definition) is 6. The van der Waals surface area contributed by atoms with Crippen molar-refractivity contribution in [2.45, 2.75) is 6.42 Å². The zero-order chi connectivity index (χ0) is 19.5. The first-order valence-electron chi connectivity index (χ1n) is 9.15. The first-order valence-corrected chi connectivity index (χ1v) is 9.56. The van der Waals surface area contributed by atoms with Crippen molar-refractivity contribution in [3.63, 3.8) is 0 Å². The number of fused-ring (bicyclic) bond motifs is 1. The summed E-state index contributed by atoms with van der Waals surface area (Å²) in [5.41, 5.74) is 6.03. The number of rotatable bonds is 2. The number of nitrogens with one attached hydrogen (secondary N) is 2. The highest BCUT2D eigenvalue weighted by molar-refractivity contribution is 7.80. The van der Waals surface area contributed by atoms with Crippen LogP contribution < -0.4 is 15.6 Å². The van der Waals surface area contributed by atoms with Gasteiger partial charge in [-0.25, -0.2) is 9.37 Å². The highest BCUT2D eigenvalue weighted by atomic mass is 32.1. The van der Waals surface area contributed by atoms with E-state index in [1.54, 1.807) is 12.1 Å². The highest BCUT2D eigenvalue weighted by Gasteiger charge is 2.21. The lowest BCUT2D eigenvalue weighted by Gasteiger charge is -2.37. The summed E-state index contributed by atoms with van der Waals surface area (Å²) in [5, 5.41) is 17.8. The van der Waals surface area contributed by atoms with Crippen molar-refractivity contribution in [2.24, 2.45) is 5.10 Å². The number of hydrogen-bond donors (Lipinski definition) is 3. The van der Waals surface area contributed by atoms with Gasteiger partial charge in [-0.2, -0.15) is 5.10 Å². The maximum atomic E-state index is 13.4. The van der Waals surface area contributed by atoms with Crippen molar-refractivity contribution in [1.82, 2.24) is 15.3 Å². The van der Waals surface area contributed by atoms with Crippen LogP contribution in [0.3, 0.4) is 0 Å². The third-order valence-corrected chi connectivity index (χ3v) is 5.20. The molecule has 0 amide bonds. The van der Waals surface area contributed by atoms with E-state index in [9.17, 15) is 9.50 Å². The number of thiocarbonyl (C=S) groups is 1. The summed E-state index contributed by atoms with van der Waals surface area (Å²) in [7, 11) is 0. The fourth-order valence-electron chi connectivity index (χ4n) is 3.39. The van der Waals surface area contributed by atoms with Gasteiger partial charge in [0.15, 0.2) is 5.11 Å². The summed E-state index contributed by atoms with van der Waals surface area (Å²) in [6.45, 7) is 3.79. The van der Waals surface area contributed by atoms with Crippen LogP contribution >= 0.6 is 12.2 Å². The molecule has 2 aliphatic rings. The van der Waals surface area contributed by atoms with Crippen LogP contribution in [0.5, 0.6) is 5.75 Å². The van der Waals surface area contributed by atoms with E-state index >= 15 is 0 Å². The van der Waals surface area contributed by atoms with Crippen LogP contribution in [0.1, 0.15) is 12.1 Å². The molecule has 1 aromatic heterocycles. The highest BCUT2D eigenvalue weighted by Crippen LogP contribution is 2.22. The quantitative estimate of drug-likeness (QED) is 0.527. The average molecular weight is 400 g/mol. The van der Waals surface area contributed by atoms with Gasteiger partial charge in [-0.3, -0.25) is 5.43 Å². The lowest BCUT2D eigenvalue weighted by Crippen LogP contribution is -2.51. The Balaban J connectivity index is 1.36. The van der Waals surface area contributed by atoms with Crippen molar-refractivity contribution in [1.29, 1.82) is 0 Å². The Morgan fingerprint density at radius 3 is 2.86 bits per heavy atom. The second-order valence-corrected chi connectivity index (χ2v) is 7.08. The molecule has 4 rings (SSSR count). The number of halogens is 1. The third kappa shape index (κ3) is 3.99. The standard InChI is InChI=1S/C19H21FN6OS/c20-13-10-17-18(22-12-13)16(4-5-21-17)23-24-19(28)26-8-6-25(7-9-26)14-2-1-3-15(27)11-14/h1-3,10-12,21,27H,4-9H2,(H,24,28)/b23-16-. The Bertz CT molecular complexity index is 913. The van der Waals surface area contributed by atoms with Gasteiger partial charge in [0.25, 0.3) is 0 Å². The molecule has 0 saturated carbocycles. The number of aromatic nitrogens is 1. The Kier molecular flexibility index (Phi) is 5.25. The normalized spacial score (nSPS) is 17.8. The molecule has 28 heavy (non-hydrogen) atoms. The molecule has 1 aromatic carbocycles. The maximum absolute atomic E-state index is 13.4. The van der Waals surface area contributed by atoms with E-state index in [-0.39, 0.29) is 11.6 Å². The lowest BCUT2D eigenvalue weighted by molar-refractivity contribution is 0.381. The lowest BCUT2D eigenvalue weighted by atomic mass is 10.1. The summed E-state index contributed by atoms with van der Waals surface area (Å²) < 4.78 is 13.4. The zero-order valence-corrected chi connectivity index (χ0v) is 16.0. The van der Waals surface area contributed by atoms with Crippen LogP contribution in [0.4, 0.5) is 15.8 Å². The van der Waals surface area contributed by atoms with Gasteiger partial charge in [0, 0.05) is 57.0 Å². The van der Waals surface area contributed by atoms with Gasteiger partial charge >= 0.3 is 0 Å². The van der Waals surface area contributed by atoms with Crippen molar-refractivity contribution < 1.29 is 9.50 Å². The van der Waals surface area contributed by atoms with Gasteiger partial charge in [0.1, 0.15) is 17.3 Å². The molecule has 146 valence electrons. The van der Waals surface area contributed by atoms with Gasteiger partial charge < -0.3 is 20.2 Å². The minimum Gasteiger partial charge on any atom is -0.508 e. The largest absolute Gasteiger partial charge is 0.508 e. The molecule has 2 aliphatic heterocycles. The molecule has 0 spiro atoms. The van der Waals surface area contributed by atoms with E-state index in [1.807, 2.05) is 12.1 Å². The summed E-state index contributed by atoms with van der Waals surface area (Å²) in [6, 6.07) is 8.69. The number of nitrogens with zero attached hydrogens (tertiary/aromatic N) is 4.